The van der Waals surface area contributed by atoms with Crippen molar-refractivity contribution in [3.05, 3.63) is 23.0 Å². The zero-order valence-electron chi connectivity index (χ0n) is 12.1. The van der Waals surface area contributed by atoms with E-state index in [9.17, 15) is 9.59 Å². The second kappa shape index (κ2) is 6.41. The number of aryl methyl sites for hydroxylation is 1. The monoisotopic (exact) mass is 266 g/mol. The summed E-state index contributed by atoms with van der Waals surface area (Å²) in [4.78, 5) is 24.6. The smallest absolute Gasteiger partial charge is 0.323 e. The van der Waals surface area contributed by atoms with E-state index in [1.54, 1.807) is 0 Å². The normalized spacial score (nSPS) is 10.5. The van der Waals surface area contributed by atoms with Crippen LogP contribution in [0.2, 0.25) is 0 Å². The summed E-state index contributed by atoms with van der Waals surface area (Å²) < 4.78 is 2.05. The molecule has 0 atom stereocenters. The number of carboxylic acids is 1. The first-order valence-electron chi connectivity index (χ1n) is 6.60. The molecule has 0 aliphatic rings. The highest BCUT2D eigenvalue weighted by molar-refractivity contribution is 5.97. The zero-order valence-corrected chi connectivity index (χ0v) is 12.1. The van der Waals surface area contributed by atoms with Crippen LogP contribution in [0.1, 0.15) is 42.0 Å². The molecule has 1 heterocycles. The fourth-order valence-electron chi connectivity index (χ4n) is 2.36. The van der Waals surface area contributed by atoms with Gasteiger partial charge in [0.05, 0.1) is 5.56 Å². The fraction of sp³-hybridized carbons (Fsp3) is 0.571. The molecule has 0 bridgehead atoms. The Morgan fingerprint density at radius 2 is 1.95 bits per heavy atom. The first-order valence-corrected chi connectivity index (χ1v) is 6.60. The van der Waals surface area contributed by atoms with Gasteiger partial charge < -0.3 is 14.6 Å². The van der Waals surface area contributed by atoms with Crippen LogP contribution in [0, 0.1) is 13.8 Å². The molecule has 0 saturated carbocycles. The molecular weight excluding hydrogens is 244 g/mol. The van der Waals surface area contributed by atoms with Crippen LogP contribution < -0.4 is 0 Å². The van der Waals surface area contributed by atoms with E-state index in [0.717, 1.165) is 24.4 Å². The van der Waals surface area contributed by atoms with Crippen LogP contribution >= 0.6 is 0 Å². The molecule has 0 aromatic carbocycles. The topological polar surface area (TPSA) is 62.5 Å². The number of rotatable bonds is 6. The number of carbonyl (C=O) groups excluding carboxylic acids is 1. The van der Waals surface area contributed by atoms with Crippen molar-refractivity contribution < 1.29 is 14.7 Å². The van der Waals surface area contributed by atoms with Gasteiger partial charge in [0.1, 0.15) is 6.54 Å². The van der Waals surface area contributed by atoms with E-state index in [4.69, 9.17) is 5.11 Å². The number of carbonyl (C=O) groups is 2. The molecule has 1 N–H and O–H groups in total. The lowest BCUT2D eigenvalue weighted by Gasteiger charge is -2.20. The molecule has 0 saturated heterocycles. The van der Waals surface area contributed by atoms with Crippen molar-refractivity contribution in [2.75, 3.05) is 13.1 Å². The second-order valence-corrected chi connectivity index (χ2v) is 4.65. The first kappa shape index (κ1) is 15.3. The van der Waals surface area contributed by atoms with E-state index in [1.807, 2.05) is 33.8 Å². The number of amides is 1. The van der Waals surface area contributed by atoms with E-state index in [2.05, 4.69) is 4.57 Å². The summed E-state index contributed by atoms with van der Waals surface area (Å²) in [7, 11) is 0. The van der Waals surface area contributed by atoms with E-state index in [0.29, 0.717) is 12.1 Å². The summed E-state index contributed by atoms with van der Waals surface area (Å²) in [6, 6.07) is 1.84. The molecule has 1 aromatic rings. The fourth-order valence-corrected chi connectivity index (χ4v) is 2.36. The van der Waals surface area contributed by atoms with Gasteiger partial charge >= 0.3 is 5.97 Å². The van der Waals surface area contributed by atoms with Crippen molar-refractivity contribution in [2.24, 2.45) is 0 Å². The SMILES string of the molecule is CCCN(CC(=O)O)C(=O)c1cc(C)n(CC)c1C. The number of nitrogens with zero attached hydrogens (tertiary/aromatic N) is 2. The molecule has 1 rings (SSSR count). The average molecular weight is 266 g/mol. The number of hydrogen-bond donors (Lipinski definition) is 1. The van der Waals surface area contributed by atoms with Gasteiger partial charge in [-0.1, -0.05) is 6.92 Å². The first-order chi connectivity index (χ1) is 8.92. The minimum Gasteiger partial charge on any atom is -0.480 e. The van der Waals surface area contributed by atoms with Crippen LogP contribution in [-0.2, 0) is 11.3 Å². The summed E-state index contributed by atoms with van der Waals surface area (Å²) in [5.74, 6) is -1.18. The summed E-state index contributed by atoms with van der Waals surface area (Å²) in [5, 5.41) is 8.88. The quantitative estimate of drug-likeness (QED) is 0.857. The van der Waals surface area contributed by atoms with Gasteiger partial charge in [0.15, 0.2) is 0 Å². The minimum absolute atomic E-state index is 0.197. The maximum atomic E-state index is 12.4. The molecular formula is C14H22N2O3. The summed E-state index contributed by atoms with van der Waals surface area (Å²) in [6.45, 7) is 8.82. The van der Waals surface area contributed by atoms with Crippen LogP contribution in [0.15, 0.2) is 6.07 Å². The van der Waals surface area contributed by atoms with Crippen molar-refractivity contribution in [3.63, 3.8) is 0 Å². The van der Waals surface area contributed by atoms with Gasteiger partial charge in [-0.15, -0.1) is 0 Å². The summed E-state index contributed by atoms with van der Waals surface area (Å²) >= 11 is 0. The van der Waals surface area contributed by atoms with Crippen molar-refractivity contribution >= 4 is 11.9 Å². The molecule has 0 spiro atoms. The van der Waals surface area contributed by atoms with Crippen LogP contribution in [0.25, 0.3) is 0 Å². The Bertz CT molecular complexity index is 477. The van der Waals surface area contributed by atoms with Crippen LogP contribution in [0.5, 0.6) is 0 Å². The zero-order chi connectivity index (χ0) is 14.6. The highest BCUT2D eigenvalue weighted by Gasteiger charge is 2.22. The average Bonchev–Trinajstić information content (AvgIpc) is 2.62. The molecule has 1 amide bonds. The Morgan fingerprint density at radius 3 is 2.37 bits per heavy atom. The third-order valence-corrected chi connectivity index (χ3v) is 3.23. The maximum absolute atomic E-state index is 12.4. The molecule has 106 valence electrons. The lowest BCUT2D eigenvalue weighted by Crippen LogP contribution is -2.36. The Kier molecular flexibility index (Phi) is 5.15. The van der Waals surface area contributed by atoms with Crippen molar-refractivity contribution in [3.8, 4) is 0 Å². The third-order valence-electron chi connectivity index (χ3n) is 3.23. The molecule has 0 unspecified atom stereocenters. The van der Waals surface area contributed by atoms with Gasteiger partial charge in [-0.05, 0) is 33.3 Å². The van der Waals surface area contributed by atoms with Gasteiger partial charge in [0.25, 0.3) is 5.91 Å². The summed E-state index contributed by atoms with van der Waals surface area (Å²) in [6.07, 6.45) is 0.742. The van der Waals surface area contributed by atoms with Gasteiger partial charge in [0, 0.05) is 24.5 Å². The Hall–Kier alpha value is -1.78. The number of aliphatic carboxylic acids is 1. The molecule has 1 aromatic heterocycles. The van der Waals surface area contributed by atoms with Gasteiger partial charge in [-0.25, -0.2) is 0 Å². The van der Waals surface area contributed by atoms with E-state index < -0.39 is 5.97 Å². The molecule has 19 heavy (non-hydrogen) atoms. The van der Waals surface area contributed by atoms with Gasteiger partial charge in [-0.3, -0.25) is 9.59 Å². The number of hydrogen-bond acceptors (Lipinski definition) is 2. The maximum Gasteiger partial charge on any atom is 0.323 e. The Balaban J connectivity index is 3.05. The van der Waals surface area contributed by atoms with Crippen LogP contribution in [0.3, 0.4) is 0 Å². The molecule has 5 nitrogen and oxygen atoms in total. The highest BCUT2D eigenvalue weighted by Crippen LogP contribution is 2.17. The molecule has 0 aliphatic carbocycles. The van der Waals surface area contributed by atoms with Crippen LogP contribution in [-0.4, -0.2) is 39.5 Å². The number of carboxylic acid groups (broad SMARTS) is 1. The molecule has 0 aliphatic heterocycles. The van der Waals surface area contributed by atoms with Crippen LogP contribution in [0.4, 0.5) is 0 Å². The Labute approximate surface area is 113 Å². The van der Waals surface area contributed by atoms with E-state index >= 15 is 0 Å². The highest BCUT2D eigenvalue weighted by atomic mass is 16.4. The Morgan fingerprint density at radius 1 is 1.32 bits per heavy atom. The minimum atomic E-state index is -0.980. The third kappa shape index (κ3) is 3.36. The number of aromatic nitrogens is 1. The van der Waals surface area contributed by atoms with E-state index in [-0.39, 0.29) is 12.5 Å². The molecule has 0 radical (unpaired) electrons. The van der Waals surface area contributed by atoms with Crippen molar-refractivity contribution in [1.29, 1.82) is 0 Å². The standard InChI is InChI=1S/C14H22N2O3/c1-5-7-15(9-13(17)18)14(19)12-8-10(3)16(6-2)11(12)4/h8H,5-7,9H2,1-4H3,(H,17,18). The van der Waals surface area contributed by atoms with Crippen molar-refractivity contribution in [2.45, 2.75) is 40.7 Å². The van der Waals surface area contributed by atoms with E-state index in [1.165, 1.54) is 4.90 Å². The van der Waals surface area contributed by atoms with Gasteiger partial charge in [0.2, 0.25) is 0 Å². The lowest BCUT2D eigenvalue weighted by molar-refractivity contribution is -0.137. The summed E-state index contributed by atoms with van der Waals surface area (Å²) in [5.41, 5.74) is 2.53. The predicted octanol–water partition coefficient (Wildman–Crippen LogP) is 2.06. The van der Waals surface area contributed by atoms with Crippen molar-refractivity contribution in [1.82, 2.24) is 9.47 Å². The lowest BCUT2D eigenvalue weighted by atomic mass is 10.2. The van der Waals surface area contributed by atoms with Gasteiger partial charge in [-0.2, -0.15) is 0 Å². The predicted molar refractivity (Wildman–Crippen MR) is 73.4 cm³/mol. The molecule has 0 fully saturated rings. The molecule has 5 heteroatoms. The second-order valence-electron chi connectivity index (χ2n) is 4.65. The largest absolute Gasteiger partial charge is 0.480 e.